The minimum Gasteiger partial charge on any atom is -0.325 e. The second kappa shape index (κ2) is 4.77. The highest BCUT2D eigenvalue weighted by Crippen LogP contribution is 2.19. The fourth-order valence-corrected chi connectivity index (χ4v) is 2.12. The average molecular weight is 204 g/mol. The maximum Gasteiger partial charge on any atom is 0.0297 e. The van der Waals surface area contributed by atoms with E-state index in [2.05, 4.69) is 42.2 Å². The minimum absolute atomic E-state index is 0.428. The van der Waals surface area contributed by atoms with Crippen molar-refractivity contribution in [2.75, 3.05) is 19.6 Å². The molecule has 1 aromatic carbocycles. The van der Waals surface area contributed by atoms with Crippen LogP contribution < -0.4 is 5.73 Å². The van der Waals surface area contributed by atoms with E-state index in [4.69, 9.17) is 5.73 Å². The molecular formula is C13H20N2. The van der Waals surface area contributed by atoms with Crippen molar-refractivity contribution in [3.05, 3.63) is 35.9 Å². The lowest BCUT2D eigenvalue weighted by Gasteiger charge is -2.37. The molecule has 1 aliphatic heterocycles. The Morgan fingerprint density at radius 3 is 2.60 bits per heavy atom. The molecule has 2 rings (SSSR count). The summed E-state index contributed by atoms with van der Waals surface area (Å²) in [5.41, 5.74) is 7.19. The number of likely N-dealkylation sites (tertiary alicyclic amines) is 1. The van der Waals surface area contributed by atoms with Crippen LogP contribution in [0.3, 0.4) is 0 Å². The lowest BCUT2D eigenvalue weighted by atomic mass is 9.97. The van der Waals surface area contributed by atoms with Gasteiger partial charge >= 0.3 is 0 Å². The maximum absolute atomic E-state index is 5.74. The van der Waals surface area contributed by atoms with Crippen LogP contribution in [0.2, 0.25) is 0 Å². The molecule has 0 unspecified atom stereocenters. The van der Waals surface area contributed by atoms with Crippen LogP contribution in [0.1, 0.15) is 24.8 Å². The van der Waals surface area contributed by atoms with Crippen molar-refractivity contribution < 1.29 is 0 Å². The minimum atomic E-state index is 0.428. The molecule has 1 saturated heterocycles. The summed E-state index contributed by atoms with van der Waals surface area (Å²) in [4.78, 5) is 2.43. The summed E-state index contributed by atoms with van der Waals surface area (Å²) in [6.45, 7) is 5.65. The molecular weight excluding hydrogens is 184 g/mol. The summed E-state index contributed by atoms with van der Waals surface area (Å²) in [5, 5.41) is 0. The summed E-state index contributed by atoms with van der Waals surface area (Å²) < 4.78 is 0. The zero-order chi connectivity index (χ0) is 10.7. The van der Waals surface area contributed by atoms with E-state index in [1.54, 1.807) is 0 Å². The van der Waals surface area contributed by atoms with Gasteiger partial charge in [-0.15, -0.1) is 0 Å². The zero-order valence-corrected chi connectivity index (χ0v) is 9.39. The number of nitrogens with two attached hydrogens (primary N) is 1. The second-order valence-corrected chi connectivity index (χ2v) is 4.62. The molecule has 0 saturated carbocycles. The van der Waals surface area contributed by atoms with Crippen LogP contribution in [0.4, 0.5) is 0 Å². The molecule has 82 valence electrons. The van der Waals surface area contributed by atoms with E-state index >= 15 is 0 Å². The van der Waals surface area contributed by atoms with E-state index in [-0.39, 0.29) is 0 Å². The van der Waals surface area contributed by atoms with Crippen LogP contribution in [0, 0.1) is 0 Å². The molecule has 2 heteroatoms. The number of benzene rings is 1. The molecule has 1 aliphatic rings. The zero-order valence-electron chi connectivity index (χ0n) is 9.39. The van der Waals surface area contributed by atoms with Gasteiger partial charge < -0.3 is 10.6 Å². The van der Waals surface area contributed by atoms with Gasteiger partial charge in [0.1, 0.15) is 0 Å². The van der Waals surface area contributed by atoms with Crippen LogP contribution in [0.15, 0.2) is 30.3 Å². The fraction of sp³-hybridized carbons (Fsp3) is 0.538. The average Bonchev–Trinajstić information content (AvgIpc) is 2.23. The van der Waals surface area contributed by atoms with Gasteiger partial charge in [0, 0.05) is 19.1 Å². The molecule has 0 radical (unpaired) electrons. The fourth-order valence-electron chi connectivity index (χ4n) is 2.12. The van der Waals surface area contributed by atoms with Crippen molar-refractivity contribution in [2.45, 2.75) is 25.3 Å². The van der Waals surface area contributed by atoms with Gasteiger partial charge in [-0.1, -0.05) is 37.3 Å². The molecule has 2 nitrogen and oxygen atoms in total. The Morgan fingerprint density at radius 2 is 2.00 bits per heavy atom. The number of hydrogen-bond acceptors (Lipinski definition) is 2. The Kier molecular flexibility index (Phi) is 3.39. The highest BCUT2D eigenvalue weighted by Gasteiger charge is 2.22. The number of nitrogens with zero attached hydrogens (tertiary/aromatic N) is 1. The Morgan fingerprint density at radius 1 is 1.33 bits per heavy atom. The molecule has 0 spiro atoms. The smallest absolute Gasteiger partial charge is 0.0297 e. The molecule has 15 heavy (non-hydrogen) atoms. The van der Waals surface area contributed by atoms with E-state index in [0.29, 0.717) is 12.0 Å². The molecule has 0 aliphatic carbocycles. The van der Waals surface area contributed by atoms with Gasteiger partial charge in [0.25, 0.3) is 0 Å². The predicted molar refractivity (Wildman–Crippen MR) is 63.9 cm³/mol. The lowest BCUT2D eigenvalue weighted by Crippen LogP contribution is -2.55. The van der Waals surface area contributed by atoms with E-state index < -0.39 is 0 Å². The summed E-state index contributed by atoms with van der Waals surface area (Å²) in [7, 11) is 0. The SMILES string of the molecule is C[C@@H](CCN1CC(N)C1)c1ccccc1. The van der Waals surface area contributed by atoms with E-state index in [1.807, 2.05) is 0 Å². The molecule has 0 aromatic heterocycles. The molecule has 1 aromatic rings. The molecule has 0 bridgehead atoms. The number of rotatable bonds is 4. The van der Waals surface area contributed by atoms with Crippen molar-refractivity contribution in [1.29, 1.82) is 0 Å². The largest absolute Gasteiger partial charge is 0.325 e. The highest BCUT2D eigenvalue weighted by atomic mass is 15.2. The van der Waals surface area contributed by atoms with E-state index in [1.165, 1.54) is 18.5 Å². The third-order valence-corrected chi connectivity index (χ3v) is 3.23. The van der Waals surface area contributed by atoms with Gasteiger partial charge in [-0.2, -0.15) is 0 Å². The first-order valence-corrected chi connectivity index (χ1v) is 5.78. The van der Waals surface area contributed by atoms with Crippen LogP contribution in [-0.4, -0.2) is 30.6 Å². The Labute approximate surface area is 92.1 Å². The van der Waals surface area contributed by atoms with Crippen LogP contribution in [0.5, 0.6) is 0 Å². The van der Waals surface area contributed by atoms with Crippen LogP contribution in [0.25, 0.3) is 0 Å². The summed E-state index contributed by atoms with van der Waals surface area (Å²) in [6.07, 6.45) is 1.23. The third-order valence-electron chi connectivity index (χ3n) is 3.23. The van der Waals surface area contributed by atoms with Gasteiger partial charge in [-0.3, -0.25) is 0 Å². The van der Waals surface area contributed by atoms with Crippen LogP contribution in [-0.2, 0) is 0 Å². The summed E-state index contributed by atoms with van der Waals surface area (Å²) in [6, 6.07) is 11.2. The monoisotopic (exact) mass is 204 g/mol. The Balaban J connectivity index is 1.75. The third kappa shape index (κ3) is 2.80. The van der Waals surface area contributed by atoms with Crippen molar-refractivity contribution in [3.63, 3.8) is 0 Å². The van der Waals surface area contributed by atoms with Gasteiger partial charge in [-0.05, 0) is 24.4 Å². The molecule has 1 fully saturated rings. The van der Waals surface area contributed by atoms with E-state index in [0.717, 1.165) is 13.1 Å². The first-order chi connectivity index (χ1) is 7.25. The van der Waals surface area contributed by atoms with Gasteiger partial charge in [-0.25, -0.2) is 0 Å². The maximum atomic E-state index is 5.74. The standard InChI is InChI=1S/C13H20N2/c1-11(12-5-3-2-4-6-12)7-8-15-9-13(14)10-15/h2-6,11,13H,7-10,14H2,1H3/t11-/m0/s1. The van der Waals surface area contributed by atoms with Crippen molar-refractivity contribution in [1.82, 2.24) is 4.90 Å². The molecule has 0 amide bonds. The number of hydrogen-bond donors (Lipinski definition) is 1. The summed E-state index contributed by atoms with van der Waals surface area (Å²) in [5.74, 6) is 0.656. The molecule has 2 N–H and O–H groups in total. The normalized spacial score (nSPS) is 19.9. The first-order valence-electron chi connectivity index (χ1n) is 5.78. The van der Waals surface area contributed by atoms with Gasteiger partial charge in [0.05, 0.1) is 0 Å². The van der Waals surface area contributed by atoms with Gasteiger partial charge in [0.2, 0.25) is 0 Å². The highest BCUT2D eigenvalue weighted by molar-refractivity contribution is 5.18. The first kappa shape index (κ1) is 10.7. The van der Waals surface area contributed by atoms with Crippen LogP contribution >= 0.6 is 0 Å². The predicted octanol–water partition coefficient (Wildman–Crippen LogP) is 1.82. The van der Waals surface area contributed by atoms with Crippen molar-refractivity contribution >= 4 is 0 Å². The lowest BCUT2D eigenvalue weighted by molar-refractivity contribution is 0.146. The summed E-state index contributed by atoms with van der Waals surface area (Å²) >= 11 is 0. The Bertz CT molecular complexity index is 291. The van der Waals surface area contributed by atoms with Crippen molar-refractivity contribution in [3.8, 4) is 0 Å². The van der Waals surface area contributed by atoms with Crippen molar-refractivity contribution in [2.24, 2.45) is 5.73 Å². The molecule has 1 atom stereocenters. The Hall–Kier alpha value is -0.860. The molecule has 1 heterocycles. The van der Waals surface area contributed by atoms with E-state index in [9.17, 15) is 0 Å². The van der Waals surface area contributed by atoms with Gasteiger partial charge in [0.15, 0.2) is 0 Å². The quantitative estimate of drug-likeness (QED) is 0.810. The second-order valence-electron chi connectivity index (χ2n) is 4.62. The topological polar surface area (TPSA) is 29.3 Å².